The van der Waals surface area contributed by atoms with Gasteiger partial charge in [0, 0.05) is 33.1 Å². The van der Waals surface area contributed by atoms with Crippen LogP contribution < -0.4 is 5.32 Å². The van der Waals surface area contributed by atoms with Crippen LogP contribution in [0.2, 0.25) is 0 Å². The number of hydrogen-bond acceptors (Lipinski definition) is 7. The molecule has 0 radical (unpaired) electrons. The van der Waals surface area contributed by atoms with E-state index in [0.29, 0.717) is 22.5 Å². The quantitative estimate of drug-likeness (QED) is 0.628. The molecule has 7 nitrogen and oxygen atoms in total. The lowest BCUT2D eigenvalue weighted by molar-refractivity contribution is -0.115. The van der Waals surface area contributed by atoms with Crippen LogP contribution in [0.25, 0.3) is 17.2 Å². The number of fused-ring (bicyclic) bond motifs is 1. The van der Waals surface area contributed by atoms with Gasteiger partial charge in [-0.2, -0.15) is 0 Å². The number of amidine groups is 1. The highest BCUT2D eigenvalue weighted by molar-refractivity contribution is 8.18. The van der Waals surface area contributed by atoms with Gasteiger partial charge in [0.15, 0.2) is 16.6 Å². The standard InChI is InChI=1S/C19H22N4O3S/c1-13-21-15-4-3-14(11-16(15)26-13)12-17-18(24)22-19(27-17)20-5-2-6-23-7-9-25-10-8-23/h3-4,11-12H,2,5-10H2,1H3,(H,20,22,24). The second-order valence-electron chi connectivity index (χ2n) is 6.52. The van der Waals surface area contributed by atoms with Gasteiger partial charge >= 0.3 is 0 Å². The molecule has 1 aromatic heterocycles. The van der Waals surface area contributed by atoms with E-state index in [2.05, 4.69) is 20.2 Å². The summed E-state index contributed by atoms with van der Waals surface area (Å²) in [6, 6.07) is 5.73. The van der Waals surface area contributed by atoms with Crippen LogP contribution in [0.15, 0.2) is 32.5 Å². The number of nitrogens with zero attached hydrogens (tertiary/aromatic N) is 3. The topological polar surface area (TPSA) is 80.0 Å². The molecule has 2 aliphatic rings. The minimum absolute atomic E-state index is 0.110. The first-order valence-corrected chi connectivity index (χ1v) is 9.92. The molecule has 3 heterocycles. The third kappa shape index (κ3) is 4.58. The third-order valence-electron chi connectivity index (χ3n) is 4.46. The van der Waals surface area contributed by atoms with Crippen LogP contribution in [0.5, 0.6) is 0 Å². The molecule has 0 unspecified atom stereocenters. The number of benzene rings is 1. The minimum atomic E-state index is -0.110. The van der Waals surface area contributed by atoms with E-state index in [-0.39, 0.29) is 5.91 Å². The molecular weight excluding hydrogens is 364 g/mol. The summed E-state index contributed by atoms with van der Waals surface area (Å²) >= 11 is 1.38. The summed E-state index contributed by atoms with van der Waals surface area (Å²) in [5, 5.41) is 3.51. The number of ether oxygens (including phenoxy) is 1. The Balaban J connectivity index is 1.35. The van der Waals surface area contributed by atoms with Gasteiger partial charge in [-0.15, -0.1) is 0 Å². The van der Waals surface area contributed by atoms with Crippen LogP contribution in [0, 0.1) is 6.92 Å². The summed E-state index contributed by atoms with van der Waals surface area (Å²) < 4.78 is 10.9. The molecule has 142 valence electrons. The van der Waals surface area contributed by atoms with E-state index in [1.165, 1.54) is 11.8 Å². The Morgan fingerprint density at radius 3 is 3.07 bits per heavy atom. The molecule has 27 heavy (non-hydrogen) atoms. The van der Waals surface area contributed by atoms with Crippen molar-refractivity contribution in [2.75, 3.05) is 39.4 Å². The first-order valence-electron chi connectivity index (χ1n) is 9.10. The van der Waals surface area contributed by atoms with Gasteiger partial charge in [-0.05, 0) is 42.0 Å². The number of hydrogen-bond donors (Lipinski definition) is 1. The lowest BCUT2D eigenvalue weighted by Gasteiger charge is -2.26. The summed E-state index contributed by atoms with van der Waals surface area (Å²) in [5.74, 6) is 0.523. The molecule has 4 rings (SSSR count). The van der Waals surface area contributed by atoms with Gasteiger partial charge in [0.25, 0.3) is 5.91 Å². The number of aromatic nitrogens is 1. The summed E-state index contributed by atoms with van der Waals surface area (Å²) in [6.45, 7) is 7.14. The Bertz CT molecular complexity index is 899. The number of aryl methyl sites for hydroxylation is 1. The van der Waals surface area contributed by atoms with Gasteiger partial charge in [-0.1, -0.05) is 6.07 Å². The van der Waals surface area contributed by atoms with Crippen LogP contribution in [0.1, 0.15) is 17.9 Å². The van der Waals surface area contributed by atoms with Crippen molar-refractivity contribution in [2.45, 2.75) is 13.3 Å². The fourth-order valence-corrected chi connectivity index (χ4v) is 3.95. The van der Waals surface area contributed by atoms with Crippen molar-refractivity contribution < 1.29 is 13.9 Å². The van der Waals surface area contributed by atoms with Crippen molar-refractivity contribution in [3.05, 3.63) is 34.6 Å². The molecule has 1 amide bonds. The van der Waals surface area contributed by atoms with Crippen LogP contribution in [-0.4, -0.2) is 60.4 Å². The highest BCUT2D eigenvalue weighted by atomic mass is 32.2. The van der Waals surface area contributed by atoms with Gasteiger partial charge < -0.3 is 14.5 Å². The highest BCUT2D eigenvalue weighted by Crippen LogP contribution is 2.27. The second kappa shape index (κ2) is 8.24. The van der Waals surface area contributed by atoms with Crippen LogP contribution in [0.3, 0.4) is 0 Å². The second-order valence-corrected chi connectivity index (χ2v) is 7.55. The predicted molar refractivity (Wildman–Crippen MR) is 107 cm³/mol. The van der Waals surface area contributed by atoms with E-state index in [4.69, 9.17) is 9.15 Å². The average Bonchev–Trinajstić information content (AvgIpc) is 3.21. The number of carbonyl (C=O) groups is 1. The minimum Gasteiger partial charge on any atom is -0.441 e. The monoisotopic (exact) mass is 386 g/mol. The Morgan fingerprint density at radius 2 is 2.22 bits per heavy atom. The van der Waals surface area contributed by atoms with Crippen molar-refractivity contribution in [3.8, 4) is 0 Å². The molecule has 0 bridgehead atoms. The lowest BCUT2D eigenvalue weighted by Crippen LogP contribution is -2.37. The van der Waals surface area contributed by atoms with Gasteiger partial charge in [0.05, 0.1) is 18.1 Å². The van der Waals surface area contributed by atoms with E-state index in [9.17, 15) is 4.79 Å². The Kier molecular flexibility index (Phi) is 5.56. The van der Waals surface area contributed by atoms with Crippen LogP contribution in [0.4, 0.5) is 0 Å². The molecule has 2 fully saturated rings. The number of carbonyl (C=O) groups excluding carboxylic acids is 1. The Labute approximate surface area is 161 Å². The van der Waals surface area contributed by atoms with Crippen molar-refractivity contribution in [1.82, 2.24) is 15.2 Å². The fraction of sp³-hybridized carbons (Fsp3) is 0.421. The SMILES string of the molecule is Cc1nc2ccc(C=C3SC(=NCCCN4CCOCC4)NC3=O)cc2o1. The van der Waals surface area contributed by atoms with Crippen molar-refractivity contribution in [3.63, 3.8) is 0 Å². The van der Waals surface area contributed by atoms with Crippen molar-refractivity contribution in [2.24, 2.45) is 4.99 Å². The molecule has 2 aromatic rings. The zero-order valence-electron chi connectivity index (χ0n) is 15.2. The van der Waals surface area contributed by atoms with E-state index in [0.717, 1.165) is 55.9 Å². The summed E-state index contributed by atoms with van der Waals surface area (Å²) in [6.07, 6.45) is 2.83. The number of rotatable bonds is 5. The first-order chi connectivity index (χ1) is 13.2. The first kappa shape index (κ1) is 18.2. The fourth-order valence-electron chi connectivity index (χ4n) is 3.10. The molecule has 2 aliphatic heterocycles. The van der Waals surface area contributed by atoms with E-state index in [1.54, 1.807) is 0 Å². The van der Waals surface area contributed by atoms with E-state index >= 15 is 0 Å². The van der Waals surface area contributed by atoms with Gasteiger partial charge in [0.2, 0.25) is 0 Å². The number of oxazole rings is 1. The highest BCUT2D eigenvalue weighted by Gasteiger charge is 2.23. The smallest absolute Gasteiger partial charge is 0.264 e. The summed E-state index contributed by atoms with van der Waals surface area (Å²) in [7, 11) is 0. The van der Waals surface area contributed by atoms with Gasteiger partial charge in [-0.3, -0.25) is 14.7 Å². The largest absolute Gasteiger partial charge is 0.441 e. The van der Waals surface area contributed by atoms with Crippen molar-refractivity contribution in [1.29, 1.82) is 0 Å². The third-order valence-corrected chi connectivity index (χ3v) is 5.41. The van der Waals surface area contributed by atoms with Gasteiger partial charge in [0.1, 0.15) is 5.52 Å². The van der Waals surface area contributed by atoms with Crippen LogP contribution in [-0.2, 0) is 9.53 Å². The molecule has 0 atom stereocenters. The molecule has 1 aromatic carbocycles. The molecule has 0 aliphatic carbocycles. The summed E-state index contributed by atoms with van der Waals surface area (Å²) in [5.41, 5.74) is 2.45. The molecule has 0 spiro atoms. The molecule has 2 saturated heterocycles. The number of thioether (sulfide) groups is 1. The molecular formula is C19H22N4O3S. The maximum Gasteiger partial charge on any atom is 0.264 e. The maximum atomic E-state index is 12.2. The molecule has 0 saturated carbocycles. The number of nitrogens with one attached hydrogen (secondary N) is 1. The zero-order chi connectivity index (χ0) is 18.6. The molecule has 8 heteroatoms. The number of amides is 1. The Morgan fingerprint density at radius 1 is 1.37 bits per heavy atom. The average molecular weight is 386 g/mol. The maximum absolute atomic E-state index is 12.2. The normalized spacial score (nSPS) is 21.4. The summed E-state index contributed by atoms with van der Waals surface area (Å²) in [4.78, 5) is 24.0. The van der Waals surface area contributed by atoms with E-state index in [1.807, 2.05) is 31.2 Å². The van der Waals surface area contributed by atoms with Gasteiger partial charge in [-0.25, -0.2) is 4.98 Å². The molecule has 1 N–H and O–H groups in total. The van der Waals surface area contributed by atoms with Crippen LogP contribution >= 0.6 is 11.8 Å². The number of aliphatic imine (C=N–C) groups is 1. The van der Waals surface area contributed by atoms with Crippen molar-refractivity contribution >= 4 is 40.0 Å². The Hall–Kier alpha value is -2.16. The number of morpholine rings is 1. The van der Waals surface area contributed by atoms with E-state index < -0.39 is 0 Å². The lowest BCUT2D eigenvalue weighted by atomic mass is 10.2. The predicted octanol–water partition coefficient (Wildman–Crippen LogP) is 2.42. The zero-order valence-corrected chi connectivity index (χ0v) is 16.1.